The molecule has 1 N–H and O–H groups in total. The minimum absolute atomic E-state index is 0.517. The van der Waals surface area contributed by atoms with Crippen LogP contribution < -0.4 is 5.32 Å². The Morgan fingerprint density at radius 2 is 2.00 bits per heavy atom. The molecule has 1 aliphatic heterocycles. The fourth-order valence-electron chi connectivity index (χ4n) is 9.38. The number of hydrogen-bond acceptors (Lipinski definition) is 2. The summed E-state index contributed by atoms with van der Waals surface area (Å²) in [5.74, 6) is 4.50. The molecular weight excluding hydrogens is 376 g/mol. The first kappa shape index (κ1) is 22.2. The van der Waals surface area contributed by atoms with E-state index in [4.69, 9.17) is 4.99 Å². The first-order valence-corrected chi connectivity index (χ1v) is 13.9. The van der Waals surface area contributed by atoms with Gasteiger partial charge in [0.25, 0.3) is 0 Å². The van der Waals surface area contributed by atoms with Crippen LogP contribution in [0.2, 0.25) is 0 Å². The molecule has 0 aromatic carbocycles. The highest BCUT2D eigenvalue weighted by Crippen LogP contribution is 2.66. The predicted molar refractivity (Wildman–Crippen MR) is 133 cm³/mol. The minimum Gasteiger partial charge on any atom is -0.314 e. The van der Waals surface area contributed by atoms with Gasteiger partial charge in [-0.05, 0) is 125 Å². The average molecular weight is 425 g/mol. The number of nitrogens with zero attached hydrogens (tertiary/aromatic N) is 1. The highest BCUT2D eigenvalue weighted by atomic mass is 14.9. The molecule has 5 aliphatic rings. The Labute approximate surface area is 192 Å². The Bertz CT molecular complexity index is 722. The van der Waals surface area contributed by atoms with Crippen molar-refractivity contribution in [3.63, 3.8) is 0 Å². The topological polar surface area (TPSA) is 24.4 Å². The number of aliphatic imine (C=N–C) groups is 1. The summed E-state index contributed by atoms with van der Waals surface area (Å²) >= 11 is 0. The van der Waals surface area contributed by atoms with Gasteiger partial charge in [0, 0.05) is 24.2 Å². The molecule has 1 heterocycles. The third kappa shape index (κ3) is 3.87. The Balaban J connectivity index is 1.23. The van der Waals surface area contributed by atoms with E-state index in [0.29, 0.717) is 10.8 Å². The van der Waals surface area contributed by atoms with E-state index < -0.39 is 0 Å². The van der Waals surface area contributed by atoms with Gasteiger partial charge in [-0.15, -0.1) is 0 Å². The molecule has 0 bridgehead atoms. The van der Waals surface area contributed by atoms with E-state index in [0.717, 1.165) is 42.2 Å². The lowest BCUT2D eigenvalue weighted by Crippen LogP contribution is -2.50. The van der Waals surface area contributed by atoms with Crippen molar-refractivity contribution in [2.45, 2.75) is 111 Å². The third-order valence-electron chi connectivity index (χ3n) is 11.0. The summed E-state index contributed by atoms with van der Waals surface area (Å²) < 4.78 is 0. The van der Waals surface area contributed by atoms with Crippen molar-refractivity contribution in [3.05, 3.63) is 11.6 Å². The summed E-state index contributed by atoms with van der Waals surface area (Å²) in [6, 6.07) is 0.751. The number of hydrogen-bond donors (Lipinski definition) is 1. The van der Waals surface area contributed by atoms with Crippen LogP contribution in [-0.2, 0) is 0 Å². The zero-order valence-electron chi connectivity index (χ0n) is 20.9. The van der Waals surface area contributed by atoms with Crippen molar-refractivity contribution in [1.82, 2.24) is 5.32 Å². The molecule has 0 amide bonds. The van der Waals surface area contributed by atoms with Gasteiger partial charge in [-0.2, -0.15) is 0 Å². The van der Waals surface area contributed by atoms with Gasteiger partial charge in [0.2, 0.25) is 0 Å². The van der Waals surface area contributed by atoms with Crippen molar-refractivity contribution in [3.8, 4) is 0 Å². The lowest BCUT2D eigenvalue weighted by molar-refractivity contribution is -0.0431. The van der Waals surface area contributed by atoms with Crippen LogP contribution in [0.3, 0.4) is 0 Å². The molecule has 0 spiro atoms. The zero-order chi connectivity index (χ0) is 21.6. The molecule has 1 saturated heterocycles. The fourth-order valence-corrected chi connectivity index (χ4v) is 9.38. The standard InChI is InChI=1S/C29H48N2/c1-20-18-23(31-19-20)9-7-17-30-21(2)25-12-13-26-24-11-10-22-8-5-6-15-28(22,3)27(24)14-16-29(25,26)4/h8,20,23-27,31H,5-7,9-19H2,1-4H3. The van der Waals surface area contributed by atoms with Gasteiger partial charge in [0.05, 0.1) is 0 Å². The fraction of sp³-hybridized carbons (Fsp3) is 0.897. The molecule has 2 heteroatoms. The number of nitrogens with one attached hydrogen (secondary N) is 1. The molecule has 0 aromatic heterocycles. The van der Waals surface area contributed by atoms with E-state index in [-0.39, 0.29) is 0 Å². The van der Waals surface area contributed by atoms with Crippen LogP contribution in [-0.4, -0.2) is 24.8 Å². The summed E-state index contributed by atoms with van der Waals surface area (Å²) in [6.07, 6.45) is 19.5. The van der Waals surface area contributed by atoms with Crippen LogP contribution in [0.4, 0.5) is 0 Å². The van der Waals surface area contributed by atoms with E-state index in [1.807, 2.05) is 5.57 Å². The largest absolute Gasteiger partial charge is 0.314 e. The quantitative estimate of drug-likeness (QED) is 0.282. The van der Waals surface area contributed by atoms with Crippen LogP contribution in [0.1, 0.15) is 105 Å². The normalized spacial score (nSPS) is 47.5. The maximum Gasteiger partial charge on any atom is 0.0389 e. The maximum atomic E-state index is 5.19. The third-order valence-corrected chi connectivity index (χ3v) is 11.0. The van der Waals surface area contributed by atoms with E-state index in [2.05, 4.69) is 39.1 Å². The Morgan fingerprint density at radius 1 is 1.13 bits per heavy atom. The van der Waals surface area contributed by atoms with Gasteiger partial charge >= 0.3 is 0 Å². The summed E-state index contributed by atoms with van der Waals surface area (Å²) in [5.41, 5.74) is 4.40. The lowest BCUT2D eigenvalue weighted by atomic mass is 9.47. The van der Waals surface area contributed by atoms with Crippen LogP contribution in [0.5, 0.6) is 0 Å². The second-order valence-electron chi connectivity index (χ2n) is 12.7. The molecule has 8 atom stereocenters. The number of rotatable bonds is 5. The average Bonchev–Trinajstić information content (AvgIpc) is 3.33. The van der Waals surface area contributed by atoms with Gasteiger partial charge in [-0.25, -0.2) is 0 Å². The molecule has 4 fully saturated rings. The first-order valence-electron chi connectivity index (χ1n) is 13.9. The molecule has 4 aliphatic carbocycles. The zero-order valence-corrected chi connectivity index (χ0v) is 20.9. The number of fused-ring (bicyclic) bond motifs is 5. The Kier molecular flexibility index (Phi) is 6.17. The second-order valence-corrected chi connectivity index (χ2v) is 12.7. The molecule has 3 saturated carbocycles. The number of allylic oxidation sites excluding steroid dienone is 2. The first-order chi connectivity index (χ1) is 14.9. The van der Waals surface area contributed by atoms with Crippen molar-refractivity contribution in [1.29, 1.82) is 0 Å². The molecule has 8 unspecified atom stereocenters. The minimum atomic E-state index is 0.517. The van der Waals surface area contributed by atoms with Crippen molar-refractivity contribution >= 4 is 5.71 Å². The summed E-state index contributed by atoms with van der Waals surface area (Å²) in [7, 11) is 0. The van der Waals surface area contributed by atoms with Crippen LogP contribution in [0, 0.1) is 40.4 Å². The molecule has 0 radical (unpaired) electrons. The van der Waals surface area contributed by atoms with Crippen LogP contribution >= 0.6 is 0 Å². The Hall–Kier alpha value is -0.630. The molecular formula is C29H48N2. The van der Waals surface area contributed by atoms with Gasteiger partial charge < -0.3 is 5.32 Å². The van der Waals surface area contributed by atoms with E-state index in [1.165, 1.54) is 89.3 Å². The van der Waals surface area contributed by atoms with Crippen LogP contribution in [0.25, 0.3) is 0 Å². The second kappa shape index (κ2) is 8.62. The smallest absolute Gasteiger partial charge is 0.0389 e. The lowest BCUT2D eigenvalue weighted by Gasteiger charge is -2.58. The molecule has 2 nitrogen and oxygen atoms in total. The van der Waals surface area contributed by atoms with Crippen molar-refractivity contribution in [2.24, 2.45) is 45.4 Å². The molecule has 0 aromatic rings. The monoisotopic (exact) mass is 424 g/mol. The predicted octanol–water partition coefficient (Wildman–Crippen LogP) is 7.19. The van der Waals surface area contributed by atoms with Gasteiger partial charge in [-0.1, -0.05) is 32.4 Å². The molecule has 31 heavy (non-hydrogen) atoms. The van der Waals surface area contributed by atoms with Crippen molar-refractivity contribution in [2.75, 3.05) is 13.1 Å². The van der Waals surface area contributed by atoms with E-state index in [1.54, 1.807) is 0 Å². The Morgan fingerprint density at radius 3 is 2.81 bits per heavy atom. The van der Waals surface area contributed by atoms with Crippen molar-refractivity contribution < 1.29 is 0 Å². The summed E-state index contributed by atoms with van der Waals surface area (Å²) in [6.45, 7) is 12.3. The molecule has 174 valence electrons. The van der Waals surface area contributed by atoms with Gasteiger partial charge in [0.15, 0.2) is 0 Å². The SMILES string of the molecule is CC(=NCCCC1CC(C)CN1)C1CCC2C3CCC4=CCCCC4(C)C3CCC12C. The summed E-state index contributed by atoms with van der Waals surface area (Å²) in [4.78, 5) is 5.19. The summed E-state index contributed by atoms with van der Waals surface area (Å²) in [5, 5.41) is 3.69. The van der Waals surface area contributed by atoms with E-state index in [9.17, 15) is 0 Å². The van der Waals surface area contributed by atoms with Crippen LogP contribution in [0.15, 0.2) is 16.6 Å². The van der Waals surface area contributed by atoms with Gasteiger partial charge in [0.1, 0.15) is 0 Å². The highest BCUT2D eigenvalue weighted by molar-refractivity contribution is 5.85. The maximum absolute atomic E-state index is 5.19. The molecule has 5 rings (SSSR count). The highest BCUT2D eigenvalue weighted by Gasteiger charge is 2.58. The van der Waals surface area contributed by atoms with Gasteiger partial charge in [-0.3, -0.25) is 4.99 Å². The van der Waals surface area contributed by atoms with E-state index >= 15 is 0 Å².